The average Bonchev–Trinajstić information content (AvgIpc) is 3.07. The second-order valence-corrected chi connectivity index (χ2v) is 10.7. The SMILES string of the molecule is c1ccc(-c2ccc(-c3c4ccccc4c(-c4cccc(-c5ccccn5)c4)c4ccccc34)c3ccccc23)cc1. The Kier molecular flexibility index (Phi) is 5.86. The van der Waals surface area contributed by atoms with Crippen molar-refractivity contribution in [1.29, 1.82) is 0 Å². The maximum absolute atomic E-state index is 4.62. The van der Waals surface area contributed by atoms with E-state index in [0.29, 0.717) is 0 Å². The van der Waals surface area contributed by atoms with Gasteiger partial charge >= 0.3 is 0 Å². The summed E-state index contributed by atoms with van der Waals surface area (Å²) < 4.78 is 0. The van der Waals surface area contributed by atoms with E-state index in [9.17, 15) is 0 Å². The summed E-state index contributed by atoms with van der Waals surface area (Å²) in [6, 6.07) is 56.7. The molecule has 0 radical (unpaired) electrons. The van der Waals surface area contributed by atoms with E-state index >= 15 is 0 Å². The van der Waals surface area contributed by atoms with Crippen LogP contribution in [0.2, 0.25) is 0 Å². The molecule has 8 rings (SSSR count). The lowest BCUT2D eigenvalue weighted by atomic mass is 9.83. The Balaban J connectivity index is 1.44. The zero-order valence-corrected chi connectivity index (χ0v) is 23.0. The quantitative estimate of drug-likeness (QED) is 0.205. The maximum Gasteiger partial charge on any atom is 0.0702 e. The fraction of sp³-hybridized carbons (Fsp3) is 0. The molecule has 0 bridgehead atoms. The first-order valence-electron chi connectivity index (χ1n) is 14.4. The Labute approximate surface area is 245 Å². The Hall–Kier alpha value is -5.53. The third kappa shape index (κ3) is 3.98. The molecular weight excluding hydrogens is 506 g/mol. The van der Waals surface area contributed by atoms with Gasteiger partial charge in [-0.15, -0.1) is 0 Å². The smallest absolute Gasteiger partial charge is 0.0702 e. The molecule has 0 fully saturated rings. The molecule has 0 aliphatic heterocycles. The minimum Gasteiger partial charge on any atom is -0.256 e. The Bertz CT molecular complexity index is 2170. The van der Waals surface area contributed by atoms with Crippen LogP contribution >= 0.6 is 0 Å². The molecule has 196 valence electrons. The van der Waals surface area contributed by atoms with Crippen LogP contribution in [-0.4, -0.2) is 4.98 Å². The largest absolute Gasteiger partial charge is 0.256 e. The third-order valence-electron chi connectivity index (χ3n) is 8.32. The summed E-state index contributed by atoms with van der Waals surface area (Å²) in [4.78, 5) is 4.62. The highest BCUT2D eigenvalue weighted by Crippen LogP contribution is 2.46. The van der Waals surface area contributed by atoms with Crippen molar-refractivity contribution >= 4 is 32.3 Å². The molecule has 0 N–H and O–H groups in total. The van der Waals surface area contributed by atoms with Gasteiger partial charge in [-0.05, 0) is 83.9 Å². The highest BCUT2D eigenvalue weighted by Gasteiger charge is 2.19. The molecule has 0 amide bonds. The summed E-state index contributed by atoms with van der Waals surface area (Å²) in [5.74, 6) is 0. The van der Waals surface area contributed by atoms with Crippen LogP contribution in [0.3, 0.4) is 0 Å². The van der Waals surface area contributed by atoms with E-state index in [-0.39, 0.29) is 0 Å². The lowest BCUT2D eigenvalue weighted by Crippen LogP contribution is -1.93. The lowest BCUT2D eigenvalue weighted by molar-refractivity contribution is 1.33. The first-order chi connectivity index (χ1) is 20.9. The van der Waals surface area contributed by atoms with Crippen molar-refractivity contribution in [2.24, 2.45) is 0 Å². The van der Waals surface area contributed by atoms with E-state index in [2.05, 4.69) is 151 Å². The van der Waals surface area contributed by atoms with Crippen molar-refractivity contribution in [1.82, 2.24) is 4.98 Å². The van der Waals surface area contributed by atoms with E-state index in [0.717, 1.165) is 11.3 Å². The topological polar surface area (TPSA) is 12.9 Å². The van der Waals surface area contributed by atoms with Gasteiger partial charge in [0, 0.05) is 11.8 Å². The summed E-state index contributed by atoms with van der Waals surface area (Å²) in [7, 11) is 0. The number of nitrogens with zero attached hydrogens (tertiary/aromatic N) is 1. The predicted octanol–water partition coefficient (Wildman–Crippen LogP) is 11.2. The number of fused-ring (bicyclic) bond motifs is 3. The molecule has 8 aromatic rings. The zero-order valence-electron chi connectivity index (χ0n) is 23.0. The van der Waals surface area contributed by atoms with Gasteiger partial charge in [0.2, 0.25) is 0 Å². The van der Waals surface area contributed by atoms with Crippen LogP contribution in [0.25, 0.3) is 77.0 Å². The third-order valence-corrected chi connectivity index (χ3v) is 8.32. The molecule has 0 saturated carbocycles. The van der Waals surface area contributed by atoms with Gasteiger partial charge in [-0.25, -0.2) is 0 Å². The maximum atomic E-state index is 4.62. The zero-order chi connectivity index (χ0) is 27.9. The van der Waals surface area contributed by atoms with Gasteiger partial charge in [-0.2, -0.15) is 0 Å². The standard InChI is InChI=1S/C41H27N/c1-2-13-28(14-3-1)31-24-25-38(33-18-5-4-17-32(31)33)41-36-21-8-6-19-34(36)40(35-20-7-9-22-37(35)41)30-16-12-15-29(27-30)39-23-10-11-26-42-39/h1-27H. The molecule has 42 heavy (non-hydrogen) atoms. The Morgan fingerprint density at radius 2 is 0.810 bits per heavy atom. The van der Waals surface area contributed by atoms with Crippen LogP contribution in [-0.2, 0) is 0 Å². The van der Waals surface area contributed by atoms with E-state index in [1.165, 1.54) is 65.7 Å². The number of hydrogen-bond donors (Lipinski definition) is 0. The monoisotopic (exact) mass is 533 g/mol. The first kappa shape index (κ1) is 24.3. The van der Waals surface area contributed by atoms with Gasteiger partial charge in [0.1, 0.15) is 0 Å². The van der Waals surface area contributed by atoms with Crippen molar-refractivity contribution in [3.63, 3.8) is 0 Å². The molecule has 1 heterocycles. The molecule has 0 unspecified atom stereocenters. The molecule has 0 aliphatic carbocycles. The number of pyridine rings is 1. The molecule has 1 heteroatoms. The fourth-order valence-electron chi connectivity index (χ4n) is 6.48. The van der Waals surface area contributed by atoms with Crippen molar-refractivity contribution in [3.8, 4) is 44.6 Å². The highest BCUT2D eigenvalue weighted by molar-refractivity contribution is 6.24. The number of aromatic nitrogens is 1. The van der Waals surface area contributed by atoms with Gasteiger partial charge in [0.15, 0.2) is 0 Å². The minimum atomic E-state index is 0.981. The predicted molar refractivity (Wildman–Crippen MR) is 178 cm³/mol. The first-order valence-corrected chi connectivity index (χ1v) is 14.4. The molecule has 1 aromatic heterocycles. The summed E-state index contributed by atoms with van der Waals surface area (Å²) in [5.41, 5.74) is 9.58. The summed E-state index contributed by atoms with van der Waals surface area (Å²) in [6.45, 7) is 0. The number of rotatable bonds is 4. The van der Waals surface area contributed by atoms with Crippen LogP contribution in [0.5, 0.6) is 0 Å². The summed E-state index contributed by atoms with van der Waals surface area (Å²) >= 11 is 0. The number of benzene rings is 7. The van der Waals surface area contributed by atoms with Crippen LogP contribution in [0.15, 0.2) is 164 Å². The molecule has 0 atom stereocenters. The summed E-state index contributed by atoms with van der Waals surface area (Å²) in [6.07, 6.45) is 1.86. The van der Waals surface area contributed by atoms with E-state index in [1.54, 1.807) is 0 Å². The second kappa shape index (κ2) is 10.1. The van der Waals surface area contributed by atoms with Gasteiger partial charge in [-0.3, -0.25) is 4.98 Å². The molecule has 1 nitrogen and oxygen atoms in total. The average molecular weight is 534 g/mol. The van der Waals surface area contributed by atoms with Gasteiger partial charge in [-0.1, -0.05) is 140 Å². The van der Waals surface area contributed by atoms with Gasteiger partial charge in [0.25, 0.3) is 0 Å². The van der Waals surface area contributed by atoms with E-state index in [1.807, 2.05) is 18.3 Å². The van der Waals surface area contributed by atoms with Crippen LogP contribution in [0, 0.1) is 0 Å². The van der Waals surface area contributed by atoms with E-state index < -0.39 is 0 Å². The highest BCUT2D eigenvalue weighted by atomic mass is 14.7. The van der Waals surface area contributed by atoms with Crippen molar-refractivity contribution < 1.29 is 0 Å². The molecule has 0 aliphatic rings. The fourth-order valence-corrected chi connectivity index (χ4v) is 6.48. The van der Waals surface area contributed by atoms with Crippen LogP contribution < -0.4 is 0 Å². The molecule has 0 spiro atoms. The van der Waals surface area contributed by atoms with Gasteiger partial charge in [0.05, 0.1) is 5.69 Å². The second-order valence-electron chi connectivity index (χ2n) is 10.7. The van der Waals surface area contributed by atoms with Crippen LogP contribution in [0.4, 0.5) is 0 Å². The van der Waals surface area contributed by atoms with Crippen LogP contribution in [0.1, 0.15) is 0 Å². The Morgan fingerprint density at radius 1 is 0.310 bits per heavy atom. The minimum absolute atomic E-state index is 0.981. The molecule has 0 saturated heterocycles. The molecular formula is C41H27N. The van der Waals surface area contributed by atoms with E-state index in [4.69, 9.17) is 0 Å². The van der Waals surface area contributed by atoms with Gasteiger partial charge < -0.3 is 0 Å². The van der Waals surface area contributed by atoms with Crippen molar-refractivity contribution in [2.45, 2.75) is 0 Å². The number of hydrogen-bond acceptors (Lipinski definition) is 1. The summed E-state index contributed by atoms with van der Waals surface area (Å²) in [5, 5.41) is 7.54. The van der Waals surface area contributed by atoms with Crippen molar-refractivity contribution in [2.75, 3.05) is 0 Å². The Morgan fingerprint density at radius 3 is 1.45 bits per heavy atom. The molecule has 7 aromatic carbocycles. The van der Waals surface area contributed by atoms with Crippen molar-refractivity contribution in [3.05, 3.63) is 164 Å². The lowest BCUT2D eigenvalue weighted by Gasteiger charge is -2.20. The normalized spacial score (nSPS) is 11.3.